The highest BCUT2D eigenvalue weighted by molar-refractivity contribution is 7.92. The maximum atomic E-state index is 12.5. The van der Waals surface area contributed by atoms with Crippen LogP contribution in [0.1, 0.15) is 10.4 Å². The maximum Gasteiger partial charge on any atom is 0.261 e. The smallest absolute Gasteiger partial charge is 0.261 e. The van der Waals surface area contributed by atoms with E-state index in [4.69, 9.17) is 21.1 Å². The van der Waals surface area contributed by atoms with Crippen LogP contribution in [-0.4, -0.2) is 41.7 Å². The van der Waals surface area contributed by atoms with Crippen molar-refractivity contribution in [2.75, 3.05) is 32.1 Å². The van der Waals surface area contributed by atoms with Crippen LogP contribution in [0.5, 0.6) is 5.75 Å². The van der Waals surface area contributed by atoms with Crippen LogP contribution in [0, 0.1) is 0 Å². The molecule has 7 nitrogen and oxygen atoms in total. The van der Waals surface area contributed by atoms with Crippen molar-refractivity contribution in [1.82, 2.24) is 5.32 Å². The first-order valence-corrected chi connectivity index (χ1v) is 9.47. The van der Waals surface area contributed by atoms with E-state index in [1.165, 1.54) is 44.6 Å². The monoisotopic (exact) mass is 398 g/mol. The fraction of sp³-hybridized carbons (Fsp3) is 0.235. The van der Waals surface area contributed by atoms with Gasteiger partial charge in [-0.2, -0.15) is 0 Å². The standard InChI is InChI=1S/C17H19ClN2O5S/c1-24-10-9-19-17(21)12-3-6-14(7-4-12)26(22,23)20-13-5-8-16(25-2)15(18)11-13/h3-8,11,20H,9-10H2,1-2H3,(H,19,21). The van der Waals surface area contributed by atoms with Crippen molar-refractivity contribution in [3.8, 4) is 5.75 Å². The van der Waals surface area contributed by atoms with E-state index in [1.807, 2.05) is 0 Å². The highest BCUT2D eigenvalue weighted by atomic mass is 35.5. The second-order valence-corrected chi connectivity index (χ2v) is 7.32. The number of ether oxygens (including phenoxy) is 2. The summed E-state index contributed by atoms with van der Waals surface area (Å²) < 4.78 is 37.2. The van der Waals surface area contributed by atoms with Gasteiger partial charge in [-0.25, -0.2) is 8.42 Å². The molecular weight excluding hydrogens is 380 g/mol. The van der Waals surface area contributed by atoms with Gasteiger partial charge in [0, 0.05) is 19.2 Å². The third-order valence-corrected chi connectivity index (χ3v) is 5.12. The molecule has 2 rings (SSSR count). The molecule has 0 aliphatic carbocycles. The molecule has 0 bridgehead atoms. The Labute approximate surface area is 157 Å². The lowest BCUT2D eigenvalue weighted by atomic mass is 10.2. The lowest BCUT2D eigenvalue weighted by Gasteiger charge is -2.10. The Morgan fingerprint density at radius 2 is 1.81 bits per heavy atom. The van der Waals surface area contributed by atoms with E-state index in [9.17, 15) is 13.2 Å². The second-order valence-electron chi connectivity index (χ2n) is 5.23. The second kappa shape index (κ2) is 8.88. The van der Waals surface area contributed by atoms with E-state index in [-0.39, 0.29) is 15.8 Å². The normalized spacial score (nSPS) is 11.0. The number of amides is 1. The van der Waals surface area contributed by atoms with Crippen LogP contribution in [0.4, 0.5) is 5.69 Å². The number of anilines is 1. The first-order valence-electron chi connectivity index (χ1n) is 7.61. The Bertz CT molecular complexity index is 869. The molecule has 26 heavy (non-hydrogen) atoms. The predicted octanol–water partition coefficient (Wildman–Crippen LogP) is 2.53. The van der Waals surface area contributed by atoms with Gasteiger partial charge in [0.15, 0.2) is 0 Å². The molecule has 2 aromatic carbocycles. The van der Waals surface area contributed by atoms with Crippen molar-refractivity contribution in [3.05, 3.63) is 53.1 Å². The van der Waals surface area contributed by atoms with Crippen molar-refractivity contribution in [2.24, 2.45) is 0 Å². The molecule has 0 atom stereocenters. The van der Waals surface area contributed by atoms with Crippen LogP contribution < -0.4 is 14.8 Å². The quantitative estimate of drug-likeness (QED) is 0.666. The zero-order chi connectivity index (χ0) is 19.2. The Morgan fingerprint density at radius 3 is 2.38 bits per heavy atom. The van der Waals surface area contributed by atoms with Crippen molar-refractivity contribution in [2.45, 2.75) is 4.90 Å². The van der Waals surface area contributed by atoms with Gasteiger partial charge < -0.3 is 14.8 Å². The van der Waals surface area contributed by atoms with E-state index >= 15 is 0 Å². The minimum atomic E-state index is -3.81. The Balaban J connectivity index is 2.11. The molecular formula is C17H19ClN2O5S. The minimum absolute atomic E-state index is 0.0258. The summed E-state index contributed by atoms with van der Waals surface area (Å²) in [5.41, 5.74) is 0.657. The molecule has 2 aromatic rings. The first kappa shape index (κ1) is 20.0. The maximum absolute atomic E-state index is 12.5. The van der Waals surface area contributed by atoms with Crippen molar-refractivity contribution < 1.29 is 22.7 Å². The van der Waals surface area contributed by atoms with Gasteiger partial charge >= 0.3 is 0 Å². The average Bonchev–Trinajstić information content (AvgIpc) is 2.62. The molecule has 0 fully saturated rings. The fourth-order valence-electron chi connectivity index (χ4n) is 2.10. The Kier molecular flexibility index (Phi) is 6.84. The molecule has 0 aliphatic rings. The molecule has 0 saturated heterocycles. The van der Waals surface area contributed by atoms with Gasteiger partial charge in [-0.05, 0) is 42.5 Å². The summed E-state index contributed by atoms with van der Waals surface area (Å²) >= 11 is 6.00. The van der Waals surface area contributed by atoms with Crippen LogP contribution in [0.25, 0.3) is 0 Å². The largest absolute Gasteiger partial charge is 0.495 e. The van der Waals surface area contributed by atoms with E-state index in [0.717, 1.165) is 0 Å². The summed E-state index contributed by atoms with van der Waals surface area (Å²) in [5, 5.41) is 2.95. The molecule has 0 unspecified atom stereocenters. The fourth-order valence-corrected chi connectivity index (χ4v) is 3.41. The van der Waals surface area contributed by atoms with Crippen LogP contribution in [0.3, 0.4) is 0 Å². The zero-order valence-electron chi connectivity index (χ0n) is 14.3. The van der Waals surface area contributed by atoms with Gasteiger partial charge in [-0.3, -0.25) is 9.52 Å². The Morgan fingerprint density at radius 1 is 1.12 bits per heavy atom. The number of methoxy groups -OCH3 is 2. The van der Waals surface area contributed by atoms with Crippen LogP contribution >= 0.6 is 11.6 Å². The number of carbonyl (C=O) groups excluding carboxylic acids is 1. The lowest BCUT2D eigenvalue weighted by molar-refractivity contribution is 0.0937. The summed E-state index contributed by atoms with van der Waals surface area (Å²) in [5.74, 6) is 0.138. The van der Waals surface area contributed by atoms with Crippen molar-refractivity contribution in [1.29, 1.82) is 0 Å². The molecule has 0 spiro atoms. The molecule has 9 heteroatoms. The van der Waals surface area contributed by atoms with Crippen molar-refractivity contribution >= 4 is 33.2 Å². The van der Waals surface area contributed by atoms with Crippen LogP contribution in [0.15, 0.2) is 47.4 Å². The number of benzene rings is 2. The molecule has 0 saturated carbocycles. The topological polar surface area (TPSA) is 93.7 Å². The highest BCUT2D eigenvalue weighted by Gasteiger charge is 2.16. The number of carbonyl (C=O) groups is 1. The van der Waals surface area contributed by atoms with Gasteiger partial charge in [0.05, 0.1) is 29.3 Å². The Hall–Kier alpha value is -2.29. The number of halogens is 1. The highest BCUT2D eigenvalue weighted by Crippen LogP contribution is 2.28. The van der Waals surface area contributed by atoms with E-state index in [0.29, 0.717) is 30.2 Å². The molecule has 0 aliphatic heterocycles. The average molecular weight is 399 g/mol. The number of hydrogen-bond acceptors (Lipinski definition) is 5. The number of hydrogen-bond donors (Lipinski definition) is 2. The van der Waals surface area contributed by atoms with E-state index in [1.54, 1.807) is 12.1 Å². The molecule has 0 heterocycles. The lowest BCUT2D eigenvalue weighted by Crippen LogP contribution is -2.26. The van der Waals surface area contributed by atoms with Gasteiger partial charge in [0.2, 0.25) is 0 Å². The summed E-state index contributed by atoms with van der Waals surface area (Å²) in [6.45, 7) is 0.766. The van der Waals surface area contributed by atoms with Crippen LogP contribution in [0.2, 0.25) is 5.02 Å². The van der Waals surface area contributed by atoms with Gasteiger partial charge in [-0.15, -0.1) is 0 Å². The third kappa shape index (κ3) is 5.10. The van der Waals surface area contributed by atoms with Crippen LogP contribution in [-0.2, 0) is 14.8 Å². The van der Waals surface area contributed by atoms with E-state index in [2.05, 4.69) is 10.0 Å². The number of rotatable bonds is 8. The summed E-state index contributed by atoms with van der Waals surface area (Å²) in [6.07, 6.45) is 0. The molecule has 1 amide bonds. The number of nitrogens with one attached hydrogen (secondary N) is 2. The third-order valence-electron chi connectivity index (χ3n) is 3.42. The molecule has 0 radical (unpaired) electrons. The van der Waals surface area contributed by atoms with Gasteiger partial charge in [-0.1, -0.05) is 11.6 Å². The summed E-state index contributed by atoms with van der Waals surface area (Å²) in [7, 11) is -0.807. The van der Waals surface area contributed by atoms with E-state index < -0.39 is 10.0 Å². The predicted molar refractivity (Wildman–Crippen MR) is 99.5 cm³/mol. The van der Waals surface area contributed by atoms with Gasteiger partial charge in [0.1, 0.15) is 5.75 Å². The molecule has 2 N–H and O–H groups in total. The number of sulfonamides is 1. The summed E-state index contributed by atoms with van der Waals surface area (Å²) in [4.78, 5) is 11.9. The van der Waals surface area contributed by atoms with Gasteiger partial charge in [0.25, 0.3) is 15.9 Å². The zero-order valence-corrected chi connectivity index (χ0v) is 15.9. The molecule has 0 aromatic heterocycles. The van der Waals surface area contributed by atoms with Crippen molar-refractivity contribution in [3.63, 3.8) is 0 Å². The SMILES string of the molecule is COCCNC(=O)c1ccc(S(=O)(=O)Nc2ccc(OC)c(Cl)c2)cc1. The minimum Gasteiger partial charge on any atom is -0.495 e. The summed E-state index contributed by atoms with van der Waals surface area (Å²) in [6, 6.07) is 10.2. The first-order chi connectivity index (χ1) is 12.4. The molecule has 140 valence electrons.